The fourth-order valence-electron chi connectivity index (χ4n) is 5.46. The van der Waals surface area contributed by atoms with Gasteiger partial charge in [-0.2, -0.15) is 0 Å². The van der Waals surface area contributed by atoms with Gasteiger partial charge in [0.25, 0.3) is 0 Å². The van der Waals surface area contributed by atoms with Gasteiger partial charge in [0.2, 0.25) is 0 Å². The zero-order chi connectivity index (χ0) is 18.5. The highest BCUT2D eigenvalue weighted by Crippen LogP contribution is 2.41. The average Bonchev–Trinajstić information content (AvgIpc) is 2.69. The Bertz CT molecular complexity index is 310. The summed E-state index contributed by atoms with van der Waals surface area (Å²) in [6.45, 7) is 5.56. The van der Waals surface area contributed by atoms with Crippen molar-refractivity contribution in [3.8, 4) is 0 Å². The van der Waals surface area contributed by atoms with Gasteiger partial charge in [-0.25, -0.2) is 0 Å². The van der Waals surface area contributed by atoms with Gasteiger partial charge < -0.3 is 4.74 Å². The maximum Gasteiger partial charge on any atom is 0.0575 e. The molecule has 0 spiro atoms. The minimum atomic E-state index is 0.589. The minimum Gasteiger partial charge on any atom is -0.378 e. The molecule has 0 aromatic heterocycles. The van der Waals surface area contributed by atoms with Crippen LogP contribution in [-0.2, 0) is 4.74 Å². The Labute approximate surface area is 165 Å². The highest BCUT2D eigenvalue weighted by Gasteiger charge is 2.30. The highest BCUT2D eigenvalue weighted by atomic mass is 16.5. The van der Waals surface area contributed by atoms with Crippen LogP contribution >= 0.6 is 0 Å². The van der Waals surface area contributed by atoms with Gasteiger partial charge in [-0.1, -0.05) is 84.5 Å². The molecular weight excluding hydrogens is 316 g/mol. The molecule has 0 aliphatic heterocycles. The maximum atomic E-state index is 6.06. The van der Waals surface area contributed by atoms with Crippen molar-refractivity contribution in [1.29, 1.82) is 0 Å². The molecule has 0 saturated heterocycles. The molecule has 0 unspecified atom stereocenters. The molecule has 2 fully saturated rings. The molecule has 0 radical (unpaired) electrons. The smallest absolute Gasteiger partial charge is 0.0575 e. The molecule has 0 aromatic rings. The van der Waals surface area contributed by atoms with Crippen molar-refractivity contribution < 1.29 is 4.74 Å². The van der Waals surface area contributed by atoms with Crippen LogP contribution in [0.25, 0.3) is 0 Å². The molecule has 2 saturated carbocycles. The van der Waals surface area contributed by atoms with Crippen LogP contribution in [0.3, 0.4) is 0 Å². The predicted molar refractivity (Wildman–Crippen MR) is 115 cm³/mol. The van der Waals surface area contributed by atoms with E-state index in [4.69, 9.17) is 4.74 Å². The van der Waals surface area contributed by atoms with E-state index in [-0.39, 0.29) is 0 Å². The lowest BCUT2D eigenvalue weighted by Gasteiger charge is -2.38. The first-order chi connectivity index (χ1) is 12.8. The molecule has 0 atom stereocenters. The summed E-state index contributed by atoms with van der Waals surface area (Å²) in [6.07, 6.45) is 26.6. The first-order valence-corrected chi connectivity index (χ1v) is 12.4. The van der Waals surface area contributed by atoms with E-state index >= 15 is 0 Å². The van der Waals surface area contributed by atoms with Crippen molar-refractivity contribution in [2.45, 2.75) is 136 Å². The second-order valence-corrected chi connectivity index (χ2v) is 9.45. The molecule has 26 heavy (non-hydrogen) atoms. The lowest BCUT2D eigenvalue weighted by atomic mass is 9.70. The Morgan fingerprint density at radius 2 is 1.12 bits per heavy atom. The molecule has 2 aliphatic carbocycles. The molecule has 0 heterocycles. The van der Waals surface area contributed by atoms with Crippen LogP contribution in [0.5, 0.6) is 0 Å². The number of unbranched alkanes of at least 4 members (excludes halogenated alkanes) is 7. The normalized spacial score (nSPS) is 29.8. The van der Waals surface area contributed by atoms with E-state index in [0.29, 0.717) is 6.10 Å². The summed E-state index contributed by atoms with van der Waals surface area (Å²) >= 11 is 0. The highest BCUT2D eigenvalue weighted by molar-refractivity contribution is 4.82. The van der Waals surface area contributed by atoms with Gasteiger partial charge in [0.1, 0.15) is 0 Å². The molecule has 0 aromatic carbocycles. The van der Waals surface area contributed by atoms with Gasteiger partial charge >= 0.3 is 0 Å². The maximum absolute atomic E-state index is 6.06. The molecule has 0 bridgehead atoms. The molecule has 1 nitrogen and oxygen atoms in total. The Morgan fingerprint density at radius 3 is 1.73 bits per heavy atom. The number of hydrogen-bond acceptors (Lipinski definition) is 1. The SMILES string of the molecule is CCCCCCCCCC1CCC([C@H]2CC[C@H](OCCCC)CC2)CC1. The second-order valence-electron chi connectivity index (χ2n) is 9.45. The molecule has 1 heteroatoms. The molecule has 154 valence electrons. The first kappa shape index (κ1) is 22.3. The Balaban J connectivity index is 1.48. The van der Waals surface area contributed by atoms with E-state index in [1.807, 2.05) is 0 Å². The summed E-state index contributed by atoms with van der Waals surface area (Å²) in [5, 5.41) is 0. The fraction of sp³-hybridized carbons (Fsp3) is 1.00. The van der Waals surface area contributed by atoms with Gasteiger partial charge in [-0.3, -0.25) is 0 Å². The zero-order valence-corrected chi connectivity index (χ0v) is 18.2. The Morgan fingerprint density at radius 1 is 0.577 bits per heavy atom. The topological polar surface area (TPSA) is 9.23 Å². The third-order valence-electron chi connectivity index (χ3n) is 7.34. The predicted octanol–water partition coefficient (Wildman–Crippen LogP) is 8.31. The summed E-state index contributed by atoms with van der Waals surface area (Å²) in [4.78, 5) is 0. The van der Waals surface area contributed by atoms with Crippen LogP contribution in [0.15, 0.2) is 0 Å². The fourth-order valence-corrected chi connectivity index (χ4v) is 5.46. The summed E-state index contributed by atoms with van der Waals surface area (Å²) in [7, 11) is 0. The van der Waals surface area contributed by atoms with E-state index in [9.17, 15) is 0 Å². The van der Waals surface area contributed by atoms with Crippen molar-refractivity contribution in [3.05, 3.63) is 0 Å². The summed E-state index contributed by atoms with van der Waals surface area (Å²) < 4.78 is 6.06. The van der Waals surface area contributed by atoms with E-state index < -0.39 is 0 Å². The number of hydrogen-bond donors (Lipinski definition) is 0. The van der Waals surface area contributed by atoms with Crippen molar-refractivity contribution >= 4 is 0 Å². The Kier molecular flexibility index (Phi) is 12.0. The molecule has 2 rings (SSSR count). The average molecular weight is 365 g/mol. The van der Waals surface area contributed by atoms with Crippen LogP contribution in [0.1, 0.15) is 129 Å². The lowest BCUT2D eigenvalue weighted by Crippen LogP contribution is -2.28. The summed E-state index contributed by atoms with van der Waals surface area (Å²) in [6, 6.07) is 0. The van der Waals surface area contributed by atoms with Gasteiger partial charge in [0.15, 0.2) is 0 Å². The van der Waals surface area contributed by atoms with Crippen molar-refractivity contribution in [1.82, 2.24) is 0 Å². The number of rotatable bonds is 13. The third kappa shape index (κ3) is 8.77. The van der Waals surface area contributed by atoms with Gasteiger partial charge in [-0.05, 0) is 62.7 Å². The number of ether oxygens (including phenoxy) is 1. The van der Waals surface area contributed by atoms with Crippen LogP contribution in [0, 0.1) is 17.8 Å². The second kappa shape index (κ2) is 14.0. The quantitative estimate of drug-likeness (QED) is 0.298. The van der Waals surface area contributed by atoms with Crippen LogP contribution in [0.2, 0.25) is 0 Å². The molecular formula is C25H48O. The van der Waals surface area contributed by atoms with E-state index in [1.54, 1.807) is 0 Å². The Hall–Kier alpha value is -0.0400. The summed E-state index contributed by atoms with van der Waals surface area (Å²) in [5.74, 6) is 3.15. The molecule has 0 amide bonds. The molecule has 0 N–H and O–H groups in total. The van der Waals surface area contributed by atoms with E-state index in [1.165, 1.54) is 116 Å². The van der Waals surface area contributed by atoms with E-state index in [2.05, 4.69) is 13.8 Å². The minimum absolute atomic E-state index is 0.589. The van der Waals surface area contributed by atoms with Crippen LogP contribution < -0.4 is 0 Å². The van der Waals surface area contributed by atoms with Crippen molar-refractivity contribution in [2.24, 2.45) is 17.8 Å². The first-order valence-electron chi connectivity index (χ1n) is 12.4. The van der Waals surface area contributed by atoms with Crippen LogP contribution in [-0.4, -0.2) is 12.7 Å². The van der Waals surface area contributed by atoms with Gasteiger partial charge in [-0.15, -0.1) is 0 Å². The zero-order valence-electron chi connectivity index (χ0n) is 18.2. The molecule has 2 aliphatic rings. The van der Waals surface area contributed by atoms with E-state index in [0.717, 1.165) is 24.4 Å². The van der Waals surface area contributed by atoms with Gasteiger partial charge in [0.05, 0.1) is 6.10 Å². The monoisotopic (exact) mass is 364 g/mol. The van der Waals surface area contributed by atoms with Crippen LogP contribution in [0.4, 0.5) is 0 Å². The van der Waals surface area contributed by atoms with Crippen molar-refractivity contribution in [3.63, 3.8) is 0 Å². The van der Waals surface area contributed by atoms with Gasteiger partial charge in [0, 0.05) is 6.61 Å². The van der Waals surface area contributed by atoms with Crippen molar-refractivity contribution in [2.75, 3.05) is 6.61 Å². The largest absolute Gasteiger partial charge is 0.378 e. The lowest BCUT2D eigenvalue weighted by molar-refractivity contribution is 0.00576. The third-order valence-corrected chi connectivity index (χ3v) is 7.34. The standard InChI is InChI=1S/C25H48O/c1-3-5-7-8-9-10-11-12-22-13-15-23(16-14-22)24-17-19-25(20-18-24)26-21-6-4-2/h22-25H,3-21H2,1-2H3/t22?,23?,24-,25-. The summed E-state index contributed by atoms with van der Waals surface area (Å²) in [5.41, 5.74) is 0.